The van der Waals surface area contributed by atoms with E-state index in [0.29, 0.717) is 18.5 Å². The van der Waals surface area contributed by atoms with Gasteiger partial charge in [-0.25, -0.2) is 9.18 Å². The standard InChI is InChI=1S/C13H15FN2O3/c14-10-6-8(3-4-9(10)13(18)19)7-16-5-1-2-11(16)12(15)17/h3-4,6,11H,1-2,5,7H2,(H2,15,17)(H,18,19). The zero-order valence-electron chi connectivity index (χ0n) is 10.3. The number of nitrogens with zero attached hydrogens (tertiary/aromatic N) is 1. The van der Waals surface area contributed by atoms with Gasteiger partial charge in [0.05, 0.1) is 11.6 Å². The number of rotatable bonds is 4. The number of aromatic carboxylic acids is 1. The van der Waals surface area contributed by atoms with E-state index in [1.807, 2.05) is 4.90 Å². The van der Waals surface area contributed by atoms with Gasteiger partial charge in [0.25, 0.3) is 0 Å². The van der Waals surface area contributed by atoms with Gasteiger partial charge in [-0.15, -0.1) is 0 Å². The van der Waals surface area contributed by atoms with Crippen LogP contribution >= 0.6 is 0 Å². The monoisotopic (exact) mass is 266 g/mol. The first-order valence-electron chi connectivity index (χ1n) is 6.04. The minimum absolute atomic E-state index is 0.317. The molecule has 1 heterocycles. The lowest BCUT2D eigenvalue weighted by atomic mass is 10.1. The molecule has 19 heavy (non-hydrogen) atoms. The zero-order chi connectivity index (χ0) is 14.0. The second-order valence-electron chi connectivity index (χ2n) is 4.65. The highest BCUT2D eigenvalue weighted by Crippen LogP contribution is 2.20. The third-order valence-corrected chi connectivity index (χ3v) is 3.34. The molecule has 1 atom stereocenters. The highest BCUT2D eigenvalue weighted by molar-refractivity contribution is 5.87. The summed E-state index contributed by atoms with van der Waals surface area (Å²) < 4.78 is 13.5. The van der Waals surface area contributed by atoms with Gasteiger partial charge in [-0.05, 0) is 37.1 Å². The Labute approximate surface area is 109 Å². The molecule has 1 unspecified atom stereocenters. The molecule has 0 saturated carbocycles. The molecule has 0 bridgehead atoms. The molecule has 102 valence electrons. The fraction of sp³-hybridized carbons (Fsp3) is 0.385. The Morgan fingerprint density at radius 1 is 1.47 bits per heavy atom. The lowest BCUT2D eigenvalue weighted by Gasteiger charge is -2.21. The molecule has 1 aliphatic heterocycles. The molecule has 1 aromatic rings. The van der Waals surface area contributed by atoms with Crippen LogP contribution in [0.1, 0.15) is 28.8 Å². The molecule has 3 N–H and O–H groups in total. The number of halogens is 1. The quantitative estimate of drug-likeness (QED) is 0.850. The SMILES string of the molecule is NC(=O)C1CCCN1Cc1ccc(C(=O)O)c(F)c1. The molecule has 1 amide bonds. The van der Waals surface area contributed by atoms with Crippen molar-refractivity contribution < 1.29 is 19.1 Å². The van der Waals surface area contributed by atoms with E-state index in [4.69, 9.17) is 10.8 Å². The number of primary amides is 1. The minimum Gasteiger partial charge on any atom is -0.478 e. The maximum atomic E-state index is 13.5. The van der Waals surface area contributed by atoms with Crippen molar-refractivity contribution in [1.82, 2.24) is 4.90 Å². The van der Waals surface area contributed by atoms with Gasteiger partial charge in [-0.3, -0.25) is 9.69 Å². The summed E-state index contributed by atoms with van der Waals surface area (Å²) in [5.41, 5.74) is 5.59. The molecule has 2 rings (SSSR count). The maximum Gasteiger partial charge on any atom is 0.338 e. The van der Waals surface area contributed by atoms with Crippen LogP contribution in [0.15, 0.2) is 18.2 Å². The van der Waals surface area contributed by atoms with Crippen LogP contribution in [0.4, 0.5) is 4.39 Å². The number of hydrogen-bond acceptors (Lipinski definition) is 3. The molecule has 0 spiro atoms. The van der Waals surface area contributed by atoms with E-state index >= 15 is 0 Å². The zero-order valence-corrected chi connectivity index (χ0v) is 10.3. The Balaban J connectivity index is 2.13. The molecular weight excluding hydrogens is 251 g/mol. The average molecular weight is 266 g/mol. The fourth-order valence-electron chi connectivity index (χ4n) is 2.40. The van der Waals surface area contributed by atoms with Crippen molar-refractivity contribution in [2.24, 2.45) is 5.73 Å². The van der Waals surface area contributed by atoms with Crippen molar-refractivity contribution in [3.05, 3.63) is 35.1 Å². The predicted molar refractivity (Wildman–Crippen MR) is 66.0 cm³/mol. The number of hydrogen-bond donors (Lipinski definition) is 2. The number of amides is 1. The lowest BCUT2D eigenvalue weighted by Crippen LogP contribution is -2.39. The van der Waals surface area contributed by atoms with Crippen LogP contribution in [0.2, 0.25) is 0 Å². The number of carboxylic acid groups (broad SMARTS) is 1. The average Bonchev–Trinajstić information content (AvgIpc) is 2.76. The highest BCUT2D eigenvalue weighted by Gasteiger charge is 2.28. The van der Waals surface area contributed by atoms with Gasteiger partial charge < -0.3 is 10.8 Å². The second kappa shape index (κ2) is 5.36. The maximum absolute atomic E-state index is 13.5. The van der Waals surface area contributed by atoms with Crippen molar-refractivity contribution in [3.8, 4) is 0 Å². The van der Waals surface area contributed by atoms with Gasteiger partial charge in [-0.2, -0.15) is 0 Å². The molecule has 1 fully saturated rings. The molecule has 1 aromatic carbocycles. The van der Waals surface area contributed by atoms with Gasteiger partial charge in [0, 0.05) is 6.54 Å². The molecule has 1 aliphatic rings. The van der Waals surface area contributed by atoms with Crippen LogP contribution in [-0.2, 0) is 11.3 Å². The number of carboxylic acids is 1. The molecular formula is C13H15FN2O3. The third kappa shape index (κ3) is 2.90. The summed E-state index contributed by atoms with van der Waals surface area (Å²) in [5, 5.41) is 8.74. The topological polar surface area (TPSA) is 83.6 Å². The first-order chi connectivity index (χ1) is 8.99. The van der Waals surface area contributed by atoms with E-state index < -0.39 is 11.8 Å². The van der Waals surface area contributed by atoms with Gasteiger partial charge in [-0.1, -0.05) is 6.07 Å². The van der Waals surface area contributed by atoms with Crippen LogP contribution in [0.5, 0.6) is 0 Å². The van der Waals surface area contributed by atoms with Crippen molar-refractivity contribution in [1.29, 1.82) is 0 Å². The largest absolute Gasteiger partial charge is 0.478 e. The molecule has 0 radical (unpaired) electrons. The van der Waals surface area contributed by atoms with Crippen LogP contribution in [0, 0.1) is 5.82 Å². The Morgan fingerprint density at radius 3 is 2.79 bits per heavy atom. The van der Waals surface area contributed by atoms with Crippen molar-refractivity contribution in [2.45, 2.75) is 25.4 Å². The summed E-state index contributed by atoms with van der Waals surface area (Å²) in [6.45, 7) is 1.13. The molecule has 1 saturated heterocycles. The number of carbonyl (C=O) groups is 2. The Hall–Kier alpha value is -1.95. The summed E-state index contributed by atoms with van der Waals surface area (Å²) in [6, 6.07) is 3.67. The van der Waals surface area contributed by atoms with E-state index in [9.17, 15) is 14.0 Å². The van der Waals surface area contributed by atoms with E-state index in [1.54, 1.807) is 6.07 Å². The van der Waals surface area contributed by atoms with Gasteiger partial charge >= 0.3 is 5.97 Å². The van der Waals surface area contributed by atoms with Crippen LogP contribution < -0.4 is 5.73 Å². The normalized spacial score (nSPS) is 19.5. The Kier molecular flexibility index (Phi) is 3.80. The van der Waals surface area contributed by atoms with Crippen molar-refractivity contribution in [2.75, 3.05) is 6.54 Å². The summed E-state index contributed by atoms with van der Waals surface area (Å²) in [6.07, 6.45) is 1.59. The molecule has 5 nitrogen and oxygen atoms in total. The summed E-state index contributed by atoms with van der Waals surface area (Å²) in [4.78, 5) is 23.8. The van der Waals surface area contributed by atoms with E-state index in [0.717, 1.165) is 13.0 Å². The fourth-order valence-corrected chi connectivity index (χ4v) is 2.40. The Morgan fingerprint density at radius 2 is 2.21 bits per heavy atom. The van der Waals surface area contributed by atoms with E-state index in [2.05, 4.69) is 0 Å². The lowest BCUT2D eigenvalue weighted by molar-refractivity contribution is -0.122. The first kappa shape index (κ1) is 13.5. The predicted octanol–water partition coefficient (Wildman–Crippen LogP) is 0.974. The summed E-state index contributed by atoms with van der Waals surface area (Å²) in [5.74, 6) is -2.43. The van der Waals surface area contributed by atoms with Gasteiger partial charge in [0.2, 0.25) is 5.91 Å². The minimum atomic E-state index is -1.29. The van der Waals surface area contributed by atoms with Crippen molar-refractivity contribution >= 4 is 11.9 Å². The number of benzene rings is 1. The number of likely N-dealkylation sites (tertiary alicyclic amines) is 1. The number of nitrogens with two attached hydrogens (primary N) is 1. The molecule has 0 aromatic heterocycles. The Bertz CT molecular complexity index is 519. The summed E-state index contributed by atoms with van der Waals surface area (Å²) >= 11 is 0. The van der Waals surface area contributed by atoms with Gasteiger partial charge in [0.15, 0.2) is 0 Å². The first-order valence-corrected chi connectivity index (χ1v) is 6.04. The highest BCUT2D eigenvalue weighted by atomic mass is 19.1. The molecule has 6 heteroatoms. The third-order valence-electron chi connectivity index (χ3n) is 3.34. The van der Waals surface area contributed by atoms with Crippen LogP contribution in [-0.4, -0.2) is 34.5 Å². The number of carbonyl (C=O) groups excluding carboxylic acids is 1. The van der Waals surface area contributed by atoms with Crippen molar-refractivity contribution in [3.63, 3.8) is 0 Å². The van der Waals surface area contributed by atoms with Gasteiger partial charge in [0.1, 0.15) is 5.82 Å². The van der Waals surface area contributed by atoms with E-state index in [-0.39, 0.29) is 17.5 Å². The smallest absolute Gasteiger partial charge is 0.338 e. The second-order valence-corrected chi connectivity index (χ2v) is 4.65. The summed E-state index contributed by atoms with van der Waals surface area (Å²) in [7, 11) is 0. The molecule has 0 aliphatic carbocycles. The van der Waals surface area contributed by atoms with E-state index in [1.165, 1.54) is 12.1 Å². The van der Waals surface area contributed by atoms with Crippen LogP contribution in [0.25, 0.3) is 0 Å². The van der Waals surface area contributed by atoms with Crippen LogP contribution in [0.3, 0.4) is 0 Å².